The highest BCUT2D eigenvalue weighted by Crippen LogP contribution is 2.44. The first-order valence-corrected chi connectivity index (χ1v) is 4.24. The van der Waals surface area contributed by atoms with E-state index in [9.17, 15) is 9.59 Å². The van der Waals surface area contributed by atoms with E-state index >= 15 is 0 Å². The molecule has 0 aromatic heterocycles. The second kappa shape index (κ2) is 3.23. The lowest BCUT2D eigenvalue weighted by Gasteiger charge is -2.36. The van der Waals surface area contributed by atoms with Crippen molar-refractivity contribution in [1.82, 2.24) is 0 Å². The van der Waals surface area contributed by atoms with Crippen molar-refractivity contribution < 1.29 is 14.3 Å². The fourth-order valence-electron chi connectivity index (χ4n) is 0.966. The maximum atomic E-state index is 10.8. The molecule has 0 aliphatic heterocycles. The molecule has 0 amide bonds. The molecule has 0 saturated heterocycles. The van der Waals surface area contributed by atoms with Crippen molar-refractivity contribution in [1.29, 1.82) is 0 Å². The number of alkyl halides is 2. The number of rotatable bonds is 2. The zero-order valence-electron chi connectivity index (χ0n) is 6.47. The van der Waals surface area contributed by atoms with Gasteiger partial charge < -0.3 is 4.74 Å². The van der Waals surface area contributed by atoms with E-state index < -0.39 is 10.3 Å². The zero-order valence-corrected chi connectivity index (χ0v) is 7.98. The number of esters is 1. The van der Waals surface area contributed by atoms with E-state index in [4.69, 9.17) is 23.2 Å². The van der Waals surface area contributed by atoms with E-state index in [2.05, 4.69) is 4.74 Å². The van der Waals surface area contributed by atoms with Crippen molar-refractivity contribution in [3.63, 3.8) is 0 Å². The van der Waals surface area contributed by atoms with Crippen LogP contribution in [0.5, 0.6) is 0 Å². The summed E-state index contributed by atoms with van der Waals surface area (Å²) in [4.78, 5) is 21.2. The molecule has 0 spiro atoms. The summed E-state index contributed by atoms with van der Waals surface area (Å²) >= 11 is 11.3. The third-order valence-corrected chi connectivity index (χ3v) is 2.84. The van der Waals surface area contributed by atoms with Crippen LogP contribution in [0.4, 0.5) is 0 Å². The summed E-state index contributed by atoms with van der Waals surface area (Å²) in [6, 6.07) is 0. The fourth-order valence-corrected chi connectivity index (χ4v) is 1.40. The molecule has 0 radical (unpaired) electrons. The molecule has 0 N–H and O–H groups in total. The van der Waals surface area contributed by atoms with E-state index in [1.54, 1.807) is 0 Å². The SMILES string of the molecule is CC(=O)OCC1CC(=O)C1(Cl)Cl. The van der Waals surface area contributed by atoms with Crippen LogP contribution in [0.25, 0.3) is 0 Å². The second-order valence-electron chi connectivity index (χ2n) is 2.75. The van der Waals surface area contributed by atoms with Gasteiger partial charge >= 0.3 is 5.97 Å². The molecule has 5 heteroatoms. The lowest BCUT2D eigenvalue weighted by atomic mass is 9.83. The minimum atomic E-state index is -1.34. The van der Waals surface area contributed by atoms with Crippen molar-refractivity contribution in [3.05, 3.63) is 0 Å². The van der Waals surface area contributed by atoms with Crippen LogP contribution in [0.15, 0.2) is 0 Å². The average Bonchev–Trinajstić information content (AvgIpc) is 1.97. The minimum absolute atomic E-state index is 0.119. The van der Waals surface area contributed by atoms with Crippen LogP contribution in [0.2, 0.25) is 0 Å². The number of ketones is 1. The summed E-state index contributed by atoms with van der Waals surface area (Å²) in [5.41, 5.74) is 0. The van der Waals surface area contributed by atoms with Crippen molar-refractivity contribution in [3.8, 4) is 0 Å². The molecule has 1 atom stereocenters. The molecule has 3 nitrogen and oxygen atoms in total. The Hall–Kier alpha value is -0.280. The van der Waals surface area contributed by atoms with Gasteiger partial charge in [-0.1, -0.05) is 23.2 Å². The van der Waals surface area contributed by atoms with Crippen molar-refractivity contribution in [2.75, 3.05) is 6.61 Å². The molecule has 1 unspecified atom stereocenters. The maximum absolute atomic E-state index is 10.8. The van der Waals surface area contributed by atoms with Gasteiger partial charge in [-0.15, -0.1) is 0 Å². The number of hydrogen-bond donors (Lipinski definition) is 0. The Morgan fingerprint density at radius 1 is 1.75 bits per heavy atom. The van der Waals surface area contributed by atoms with Gasteiger partial charge in [0.25, 0.3) is 0 Å². The summed E-state index contributed by atoms with van der Waals surface area (Å²) in [5, 5.41) is 0. The highest BCUT2D eigenvalue weighted by atomic mass is 35.5. The zero-order chi connectivity index (χ0) is 9.35. The highest BCUT2D eigenvalue weighted by Gasteiger charge is 2.52. The van der Waals surface area contributed by atoms with Gasteiger partial charge in [-0.25, -0.2) is 0 Å². The van der Waals surface area contributed by atoms with Crippen LogP contribution in [-0.4, -0.2) is 22.7 Å². The molecule has 0 bridgehead atoms. The van der Waals surface area contributed by atoms with Gasteiger partial charge in [0.1, 0.15) is 0 Å². The van der Waals surface area contributed by atoms with Gasteiger partial charge in [0.15, 0.2) is 10.1 Å². The van der Waals surface area contributed by atoms with Gasteiger partial charge in [0, 0.05) is 19.3 Å². The first-order valence-electron chi connectivity index (χ1n) is 3.49. The molecular weight excluding hydrogens is 203 g/mol. The number of carbonyl (C=O) groups is 2. The molecule has 0 aromatic rings. The quantitative estimate of drug-likeness (QED) is 0.510. The Bertz CT molecular complexity index is 225. The average molecular weight is 211 g/mol. The third-order valence-electron chi connectivity index (χ3n) is 1.80. The van der Waals surface area contributed by atoms with Gasteiger partial charge in [0.2, 0.25) is 0 Å². The topological polar surface area (TPSA) is 43.4 Å². The molecule has 0 aromatic carbocycles. The number of halogens is 2. The van der Waals surface area contributed by atoms with Crippen molar-refractivity contribution in [2.45, 2.75) is 17.7 Å². The number of carbonyl (C=O) groups excluding carboxylic acids is 2. The molecule has 1 aliphatic carbocycles. The van der Waals surface area contributed by atoms with Crippen molar-refractivity contribution in [2.24, 2.45) is 5.92 Å². The maximum Gasteiger partial charge on any atom is 0.302 e. The predicted octanol–water partition coefficient (Wildman–Crippen LogP) is 1.31. The van der Waals surface area contributed by atoms with Gasteiger partial charge in [0.05, 0.1) is 6.61 Å². The normalized spacial score (nSPS) is 26.2. The highest BCUT2D eigenvalue weighted by molar-refractivity contribution is 6.60. The molecule has 68 valence electrons. The van der Waals surface area contributed by atoms with Crippen LogP contribution in [0.3, 0.4) is 0 Å². The van der Waals surface area contributed by atoms with E-state index in [1.807, 2.05) is 0 Å². The summed E-state index contributed by atoms with van der Waals surface area (Å²) in [5.74, 6) is -0.848. The summed E-state index contributed by atoms with van der Waals surface area (Å²) in [7, 11) is 0. The second-order valence-corrected chi connectivity index (χ2v) is 4.14. The number of hydrogen-bond acceptors (Lipinski definition) is 3. The monoisotopic (exact) mass is 210 g/mol. The van der Waals surface area contributed by atoms with E-state index in [0.717, 1.165) is 0 Å². The van der Waals surface area contributed by atoms with E-state index in [-0.39, 0.29) is 18.3 Å². The Kier molecular flexibility index (Phi) is 2.64. The molecule has 0 heterocycles. The summed E-state index contributed by atoms with van der Waals surface area (Å²) < 4.78 is 3.33. The Labute approximate surface area is 80.0 Å². The van der Waals surface area contributed by atoms with E-state index in [1.165, 1.54) is 6.92 Å². The van der Waals surface area contributed by atoms with Gasteiger partial charge in [-0.2, -0.15) is 0 Å². The lowest BCUT2D eigenvalue weighted by molar-refractivity contribution is -0.146. The molecule has 1 saturated carbocycles. The standard InChI is InChI=1S/C7H8Cl2O3/c1-4(10)12-3-5-2-6(11)7(5,8)9/h5H,2-3H2,1H3. The molecular formula is C7H8Cl2O3. The third kappa shape index (κ3) is 1.72. The largest absolute Gasteiger partial charge is 0.465 e. The van der Waals surface area contributed by atoms with Crippen LogP contribution < -0.4 is 0 Å². The summed E-state index contributed by atoms with van der Waals surface area (Å²) in [6.07, 6.45) is 0.292. The van der Waals surface area contributed by atoms with E-state index in [0.29, 0.717) is 6.42 Å². The summed E-state index contributed by atoms with van der Waals surface area (Å²) in [6.45, 7) is 1.42. The van der Waals surface area contributed by atoms with Gasteiger partial charge in [-0.05, 0) is 0 Å². The first kappa shape index (κ1) is 9.81. The molecule has 1 fully saturated rings. The molecule has 1 aliphatic rings. The number of ether oxygens (including phenoxy) is 1. The van der Waals surface area contributed by atoms with Crippen LogP contribution in [-0.2, 0) is 14.3 Å². The molecule has 12 heavy (non-hydrogen) atoms. The Morgan fingerprint density at radius 2 is 2.33 bits per heavy atom. The fraction of sp³-hybridized carbons (Fsp3) is 0.714. The molecule has 1 rings (SSSR count). The van der Waals surface area contributed by atoms with Crippen molar-refractivity contribution >= 4 is 35.0 Å². The lowest BCUT2D eigenvalue weighted by Crippen LogP contribution is -2.49. The first-order chi connectivity index (χ1) is 5.44. The number of Topliss-reactive ketones (excluding diaryl/α,β-unsaturated/α-hetero) is 1. The van der Waals surface area contributed by atoms with Crippen LogP contribution >= 0.6 is 23.2 Å². The van der Waals surface area contributed by atoms with Crippen LogP contribution in [0, 0.1) is 5.92 Å². The predicted molar refractivity (Wildman–Crippen MR) is 44.2 cm³/mol. The Balaban J connectivity index is 2.37. The van der Waals surface area contributed by atoms with Gasteiger partial charge in [-0.3, -0.25) is 9.59 Å². The smallest absolute Gasteiger partial charge is 0.302 e. The van der Waals surface area contributed by atoms with Crippen LogP contribution in [0.1, 0.15) is 13.3 Å². The minimum Gasteiger partial charge on any atom is -0.465 e. The Morgan fingerprint density at radius 3 is 2.67 bits per heavy atom.